The van der Waals surface area contributed by atoms with Crippen molar-refractivity contribution in [1.29, 1.82) is 0 Å². The Bertz CT molecular complexity index is 692. The molecule has 5 nitrogen and oxygen atoms in total. The number of hydrogen-bond acceptors (Lipinski definition) is 5. The average molecular weight is 302 g/mol. The third-order valence-corrected chi connectivity index (χ3v) is 4.00. The van der Waals surface area contributed by atoms with Crippen LogP contribution in [0.25, 0.3) is 0 Å². The van der Waals surface area contributed by atoms with Gasteiger partial charge in [0.15, 0.2) is 18.0 Å². The fourth-order valence-electron chi connectivity index (χ4n) is 2.93. The van der Waals surface area contributed by atoms with Crippen LogP contribution >= 0.6 is 0 Å². The van der Waals surface area contributed by atoms with Gasteiger partial charge in [-0.25, -0.2) is 4.79 Å². The van der Waals surface area contributed by atoms with E-state index in [0.29, 0.717) is 24.2 Å². The van der Waals surface area contributed by atoms with Crippen LogP contribution in [-0.4, -0.2) is 11.9 Å². The van der Waals surface area contributed by atoms with E-state index in [1.54, 1.807) is 6.26 Å². The van der Waals surface area contributed by atoms with E-state index in [1.165, 1.54) is 6.92 Å². The summed E-state index contributed by atoms with van der Waals surface area (Å²) in [6, 6.07) is 0. The first kappa shape index (κ1) is 14.6. The van der Waals surface area contributed by atoms with Crippen LogP contribution in [0, 0.1) is 6.92 Å². The van der Waals surface area contributed by atoms with E-state index in [1.807, 2.05) is 26.0 Å². The number of carbonyl (C=O) groups excluding carboxylic acids is 2. The molecular weight excluding hydrogens is 284 g/mol. The van der Waals surface area contributed by atoms with Crippen LogP contribution in [0.1, 0.15) is 55.8 Å². The van der Waals surface area contributed by atoms with E-state index < -0.39 is 12.2 Å². The monoisotopic (exact) mass is 302 g/mol. The molecule has 0 radical (unpaired) electrons. The fourth-order valence-corrected chi connectivity index (χ4v) is 2.93. The van der Waals surface area contributed by atoms with E-state index in [4.69, 9.17) is 13.9 Å². The zero-order valence-corrected chi connectivity index (χ0v) is 12.8. The lowest BCUT2D eigenvalue weighted by molar-refractivity contribution is -0.146. The van der Waals surface area contributed by atoms with Gasteiger partial charge in [-0.15, -0.1) is 0 Å². The molecule has 0 spiro atoms. The van der Waals surface area contributed by atoms with E-state index in [-0.39, 0.29) is 11.9 Å². The zero-order chi connectivity index (χ0) is 15.9. The highest BCUT2D eigenvalue weighted by atomic mass is 16.6. The van der Waals surface area contributed by atoms with Gasteiger partial charge in [-0.05, 0) is 43.9 Å². The minimum atomic E-state index is -0.588. The summed E-state index contributed by atoms with van der Waals surface area (Å²) in [5, 5.41) is 0. The van der Waals surface area contributed by atoms with Crippen molar-refractivity contribution in [2.75, 3.05) is 0 Å². The number of ether oxygens (including phenoxy) is 2. The van der Waals surface area contributed by atoms with Crippen LogP contribution in [0.4, 0.5) is 0 Å². The first-order valence-corrected chi connectivity index (χ1v) is 7.30. The molecule has 0 aromatic carbocycles. The van der Waals surface area contributed by atoms with E-state index in [9.17, 15) is 9.59 Å². The summed E-state index contributed by atoms with van der Waals surface area (Å²) in [4.78, 5) is 23.4. The number of fused-ring (bicyclic) bond motifs is 3. The molecule has 0 fully saturated rings. The summed E-state index contributed by atoms with van der Waals surface area (Å²) in [5.41, 5.74) is 3.21. The van der Waals surface area contributed by atoms with Gasteiger partial charge in [-0.3, -0.25) is 4.79 Å². The smallest absolute Gasteiger partial charge is 0.334 e. The molecule has 1 aliphatic heterocycles. The molecule has 22 heavy (non-hydrogen) atoms. The topological polar surface area (TPSA) is 65.7 Å². The van der Waals surface area contributed by atoms with Crippen LogP contribution in [-0.2, 0) is 19.1 Å². The van der Waals surface area contributed by atoms with E-state index in [2.05, 4.69) is 0 Å². The van der Waals surface area contributed by atoms with Gasteiger partial charge in [0, 0.05) is 18.1 Å². The molecule has 5 heteroatoms. The second-order valence-electron chi connectivity index (χ2n) is 5.69. The molecule has 0 amide bonds. The molecule has 2 heterocycles. The molecule has 0 N–H and O–H groups in total. The molecule has 1 aliphatic carbocycles. The average Bonchev–Trinajstić information content (AvgIpc) is 2.98. The quantitative estimate of drug-likeness (QED) is 0.587. The molecular formula is C17H18O5. The minimum Gasteiger partial charge on any atom is -0.464 e. The summed E-state index contributed by atoms with van der Waals surface area (Å²) in [6.07, 6.45) is 5.66. The molecule has 0 saturated carbocycles. The van der Waals surface area contributed by atoms with Crippen LogP contribution in [0.2, 0.25) is 0 Å². The molecule has 1 aromatic rings. The maximum atomic E-state index is 11.9. The van der Waals surface area contributed by atoms with Gasteiger partial charge < -0.3 is 13.9 Å². The summed E-state index contributed by atoms with van der Waals surface area (Å²) in [5.74, 6) is -0.137. The van der Waals surface area contributed by atoms with Gasteiger partial charge in [0.2, 0.25) is 0 Å². The third kappa shape index (κ3) is 2.47. The maximum Gasteiger partial charge on any atom is 0.334 e. The summed E-state index contributed by atoms with van der Waals surface area (Å²) >= 11 is 0. The van der Waals surface area contributed by atoms with Crippen molar-refractivity contribution in [3.63, 3.8) is 0 Å². The number of esters is 2. The Balaban J connectivity index is 2.13. The predicted octanol–water partition coefficient (Wildman–Crippen LogP) is 3.46. The second-order valence-corrected chi connectivity index (χ2v) is 5.69. The first-order valence-electron chi connectivity index (χ1n) is 7.30. The molecule has 1 aromatic heterocycles. The Kier molecular flexibility index (Phi) is 3.64. The standard InChI is InChI=1S/C17H18O5/c1-9-5-4-6-12-7-13(22-17(12)19)14-10(2)8-20-16(14)15(9)21-11(3)18/h5,7-8,13,15H,4,6H2,1-3H3/b9-5+/t13-,15-/m1/s1. The number of rotatable bonds is 1. The van der Waals surface area contributed by atoms with Gasteiger partial charge in [0.05, 0.1) is 6.26 Å². The number of allylic oxidation sites excluding steroid dienone is 1. The van der Waals surface area contributed by atoms with Gasteiger partial charge in [-0.1, -0.05) is 6.08 Å². The van der Waals surface area contributed by atoms with Crippen LogP contribution < -0.4 is 0 Å². The Morgan fingerprint density at radius 2 is 2.14 bits per heavy atom. The number of hydrogen-bond donors (Lipinski definition) is 0. The van der Waals surface area contributed by atoms with E-state index >= 15 is 0 Å². The molecule has 2 aliphatic rings. The summed E-state index contributed by atoms with van der Waals surface area (Å²) in [7, 11) is 0. The van der Waals surface area contributed by atoms with Crippen molar-refractivity contribution in [2.24, 2.45) is 0 Å². The first-order chi connectivity index (χ1) is 10.5. The zero-order valence-electron chi connectivity index (χ0n) is 12.8. The highest BCUT2D eigenvalue weighted by Crippen LogP contribution is 2.41. The number of carbonyl (C=O) groups is 2. The lowest BCUT2D eigenvalue weighted by Crippen LogP contribution is -2.13. The number of aryl methyl sites for hydroxylation is 1. The highest BCUT2D eigenvalue weighted by molar-refractivity contribution is 5.91. The fraction of sp³-hybridized carbons (Fsp3) is 0.412. The van der Waals surface area contributed by atoms with Gasteiger partial charge >= 0.3 is 11.9 Å². The van der Waals surface area contributed by atoms with Crippen molar-refractivity contribution in [3.05, 3.63) is 46.4 Å². The van der Waals surface area contributed by atoms with Crippen molar-refractivity contribution in [1.82, 2.24) is 0 Å². The number of furan rings is 1. The Hall–Kier alpha value is -2.30. The van der Waals surface area contributed by atoms with Gasteiger partial charge in [0.1, 0.15) is 0 Å². The molecule has 0 unspecified atom stereocenters. The van der Waals surface area contributed by atoms with Crippen molar-refractivity contribution < 1.29 is 23.5 Å². The van der Waals surface area contributed by atoms with Crippen LogP contribution in [0.15, 0.2) is 34.0 Å². The maximum absolute atomic E-state index is 11.9. The Morgan fingerprint density at radius 1 is 1.36 bits per heavy atom. The second kappa shape index (κ2) is 5.48. The molecule has 0 saturated heterocycles. The normalized spacial score (nSPS) is 26.4. The van der Waals surface area contributed by atoms with Crippen molar-refractivity contribution in [2.45, 2.75) is 45.8 Å². The van der Waals surface area contributed by atoms with Gasteiger partial charge in [0.25, 0.3) is 0 Å². The SMILES string of the molecule is CC(=O)O[C@@H]1/C(C)=C/CCC2=C[C@@H](OC2=O)c2c(C)coc21. The van der Waals surface area contributed by atoms with Crippen LogP contribution in [0.5, 0.6) is 0 Å². The minimum absolute atomic E-state index is 0.284. The van der Waals surface area contributed by atoms with Crippen LogP contribution in [0.3, 0.4) is 0 Å². The Morgan fingerprint density at radius 3 is 2.86 bits per heavy atom. The molecule has 3 rings (SSSR count). The van der Waals surface area contributed by atoms with Crippen molar-refractivity contribution >= 4 is 11.9 Å². The van der Waals surface area contributed by atoms with E-state index in [0.717, 1.165) is 16.7 Å². The lowest BCUT2D eigenvalue weighted by atomic mass is 9.96. The summed E-state index contributed by atoms with van der Waals surface area (Å²) in [6.45, 7) is 5.16. The van der Waals surface area contributed by atoms with Crippen molar-refractivity contribution in [3.8, 4) is 0 Å². The Labute approximate surface area is 128 Å². The van der Waals surface area contributed by atoms with Gasteiger partial charge in [-0.2, -0.15) is 0 Å². The predicted molar refractivity (Wildman–Crippen MR) is 77.9 cm³/mol. The lowest BCUT2D eigenvalue weighted by Gasteiger charge is -2.19. The largest absolute Gasteiger partial charge is 0.464 e. The highest BCUT2D eigenvalue weighted by Gasteiger charge is 2.35. The molecule has 2 atom stereocenters. The summed E-state index contributed by atoms with van der Waals surface area (Å²) < 4.78 is 16.6. The third-order valence-electron chi connectivity index (χ3n) is 4.00. The molecule has 2 bridgehead atoms. The molecule has 116 valence electrons.